The predicted octanol–water partition coefficient (Wildman–Crippen LogP) is 2.67. The van der Waals surface area contributed by atoms with Crippen molar-refractivity contribution in [3.8, 4) is 11.5 Å². The molecule has 0 radical (unpaired) electrons. The van der Waals surface area contributed by atoms with Crippen molar-refractivity contribution in [2.45, 2.75) is 19.4 Å². The first-order chi connectivity index (χ1) is 12.6. The lowest BCUT2D eigenvalue weighted by molar-refractivity contribution is -0.115. The average molecular weight is 356 g/mol. The number of carbonyl (C=O) groups is 1. The molecule has 3 rings (SSSR count). The highest BCUT2D eigenvalue weighted by atomic mass is 16.5. The van der Waals surface area contributed by atoms with Crippen molar-refractivity contribution in [3.05, 3.63) is 48.5 Å². The number of para-hydroxylation sites is 1. The summed E-state index contributed by atoms with van der Waals surface area (Å²) in [5.41, 5.74) is 1.55. The molecule has 1 amide bonds. The van der Waals surface area contributed by atoms with E-state index in [2.05, 4.69) is 5.32 Å². The molecular formula is C20H24N2O4. The van der Waals surface area contributed by atoms with Crippen LogP contribution < -0.4 is 19.7 Å². The lowest BCUT2D eigenvalue weighted by Crippen LogP contribution is -2.37. The van der Waals surface area contributed by atoms with Crippen LogP contribution in [0.2, 0.25) is 0 Å². The second kappa shape index (κ2) is 8.58. The van der Waals surface area contributed by atoms with Gasteiger partial charge in [-0.15, -0.1) is 0 Å². The molecule has 6 heteroatoms. The fraction of sp³-hybridized carbons (Fsp3) is 0.350. The molecule has 1 heterocycles. The Balaban J connectivity index is 1.67. The van der Waals surface area contributed by atoms with E-state index in [0.717, 1.165) is 12.1 Å². The molecule has 2 aromatic carbocycles. The molecule has 0 spiro atoms. The van der Waals surface area contributed by atoms with Gasteiger partial charge in [0, 0.05) is 30.4 Å². The Bertz CT molecular complexity index is 734. The number of nitrogens with one attached hydrogen (secondary N) is 1. The predicted molar refractivity (Wildman–Crippen MR) is 101 cm³/mol. The molecule has 1 aliphatic rings. The minimum atomic E-state index is -0.541. The lowest BCUT2D eigenvalue weighted by atomic mass is 10.2. The number of nitrogens with zero attached hydrogens (tertiary/aromatic N) is 1. The van der Waals surface area contributed by atoms with Gasteiger partial charge in [0.1, 0.15) is 0 Å². The summed E-state index contributed by atoms with van der Waals surface area (Å²) >= 11 is 0. The summed E-state index contributed by atoms with van der Waals surface area (Å²) in [7, 11) is 0. The molecule has 6 nitrogen and oxygen atoms in total. The molecule has 26 heavy (non-hydrogen) atoms. The summed E-state index contributed by atoms with van der Waals surface area (Å²) in [5.74, 6) is 1.17. The van der Waals surface area contributed by atoms with E-state index in [9.17, 15) is 9.90 Å². The van der Waals surface area contributed by atoms with E-state index in [4.69, 9.17) is 9.47 Å². The molecule has 2 N–H and O–H groups in total. The highest BCUT2D eigenvalue weighted by Crippen LogP contribution is 2.32. The van der Waals surface area contributed by atoms with Crippen LogP contribution in [0.4, 0.5) is 11.4 Å². The van der Waals surface area contributed by atoms with Crippen molar-refractivity contribution in [2.24, 2.45) is 0 Å². The molecule has 138 valence electrons. The summed E-state index contributed by atoms with van der Waals surface area (Å²) in [6.45, 7) is 3.45. The van der Waals surface area contributed by atoms with Gasteiger partial charge in [-0.3, -0.25) is 4.79 Å². The normalized spacial score (nSPS) is 14.2. The van der Waals surface area contributed by atoms with E-state index in [1.807, 2.05) is 35.2 Å². The zero-order valence-electron chi connectivity index (χ0n) is 14.9. The Kier molecular flexibility index (Phi) is 5.96. The largest absolute Gasteiger partial charge is 0.490 e. The average Bonchev–Trinajstić information content (AvgIpc) is 2.86. The maximum atomic E-state index is 12.5. The maximum absolute atomic E-state index is 12.5. The molecule has 0 aliphatic carbocycles. The zero-order chi connectivity index (χ0) is 18.4. The van der Waals surface area contributed by atoms with Gasteiger partial charge in [-0.1, -0.05) is 18.2 Å². The van der Waals surface area contributed by atoms with E-state index in [0.29, 0.717) is 36.9 Å². The third kappa shape index (κ3) is 4.89. The van der Waals surface area contributed by atoms with Gasteiger partial charge in [0.15, 0.2) is 11.5 Å². The number of anilines is 2. The molecule has 0 unspecified atom stereocenters. The van der Waals surface area contributed by atoms with Crippen molar-refractivity contribution in [2.75, 3.05) is 36.5 Å². The first kappa shape index (κ1) is 18.1. The van der Waals surface area contributed by atoms with Crippen LogP contribution in [0.3, 0.4) is 0 Å². The van der Waals surface area contributed by atoms with E-state index in [1.54, 1.807) is 25.1 Å². The van der Waals surface area contributed by atoms with Crippen LogP contribution in [0.15, 0.2) is 48.5 Å². The van der Waals surface area contributed by atoms with Crippen LogP contribution in [0.25, 0.3) is 0 Å². The van der Waals surface area contributed by atoms with E-state index >= 15 is 0 Å². The van der Waals surface area contributed by atoms with Crippen LogP contribution >= 0.6 is 0 Å². The third-order valence-electron chi connectivity index (χ3n) is 3.97. The molecule has 2 aromatic rings. The van der Waals surface area contributed by atoms with Crippen LogP contribution in [0.1, 0.15) is 13.3 Å². The molecule has 0 aromatic heterocycles. The number of aliphatic hydroxyl groups excluding tert-OH is 1. The van der Waals surface area contributed by atoms with Crippen molar-refractivity contribution in [3.63, 3.8) is 0 Å². The van der Waals surface area contributed by atoms with Crippen molar-refractivity contribution in [1.29, 1.82) is 0 Å². The van der Waals surface area contributed by atoms with Crippen LogP contribution in [0.5, 0.6) is 11.5 Å². The van der Waals surface area contributed by atoms with Gasteiger partial charge >= 0.3 is 0 Å². The second-order valence-corrected chi connectivity index (χ2v) is 6.33. The van der Waals surface area contributed by atoms with E-state index < -0.39 is 6.10 Å². The fourth-order valence-corrected chi connectivity index (χ4v) is 2.83. The second-order valence-electron chi connectivity index (χ2n) is 6.33. The number of rotatable bonds is 6. The topological polar surface area (TPSA) is 71.0 Å². The van der Waals surface area contributed by atoms with Gasteiger partial charge in [0.2, 0.25) is 5.91 Å². The van der Waals surface area contributed by atoms with E-state index in [-0.39, 0.29) is 12.5 Å². The minimum absolute atomic E-state index is 0.142. The van der Waals surface area contributed by atoms with Crippen molar-refractivity contribution < 1.29 is 19.4 Å². The highest BCUT2D eigenvalue weighted by molar-refractivity contribution is 5.94. The van der Waals surface area contributed by atoms with E-state index in [1.165, 1.54) is 0 Å². The number of benzene rings is 2. The SMILES string of the molecule is C[C@@H](O)CN(CC(=O)Nc1ccc2c(c1)OCCCO2)c1ccccc1. The Labute approximate surface area is 153 Å². The van der Waals surface area contributed by atoms with Crippen molar-refractivity contribution in [1.82, 2.24) is 0 Å². The molecular weight excluding hydrogens is 332 g/mol. The van der Waals surface area contributed by atoms with Gasteiger partial charge in [0.05, 0.1) is 25.9 Å². The quantitative estimate of drug-likeness (QED) is 0.833. The number of fused-ring (bicyclic) bond motifs is 1. The molecule has 0 bridgehead atoms. The summed E-state index contributed by atoms with van der Waals surface area (Å²) in [6.07, 6.45) is 0.294. The first-order valence-electron chi connectivity index (χ1n) is 8.79. The number of aliphatic hydroxyl groups is 1. The van der Waals surface area contributed by atoms with Gasteiger partial charge in [-0.05, 0) is 31.2 Å². The van der Waals surface area contributed by atoms with Crippen molar-refractivity contribution >= 4 is 17.3 Å². The Morgan fingerprint density at radius 2 is 1.88 bits per heavy atom. The number of amides is 1. The fourth-order valence-electron chi connectivity index (χ4n) is 2.83. The van der Waals surface area contributed by atoms with Crippen LogP contribution in [0, 0.1) is 0 Å². The molecule has 0 fully saturated rings. The number of hydrogen-bond acceptors (Lipinski definition) is 5. The smallest absolute Gasteiger partial charge is 0.243 e. The molecule has 0 saturated carbocycles. The number of carbonyl (C=O) groups excluding carboxylic acids is 1. The molecule has 1 atom stereocenters. The standard InChI is InChI=1S/C20H24N2O4/c1-15(23)13-22(17-6-3-2-4-7-17)14-20(24)21-16-8-9-18-19(12-16)26-11-5-10-25-18/h2-4,6-9,12,15,23H,5,10-11,13-14H2,1H3,(H,21,24)/t15-/m1/s1. The monoisotopic (exact) mass is 356 g/mol. The Morgan fingerprint density at radius 3 is 2.62 bits per heavy atom. The Morgan fingerprint density at radius 1 is 1.15 bits per heavy atom. The maximum Gasteiger partial charge on any atom is 0.243 e. The van der Waals surface area contributed by atoms with Crippen LogP contribution in [-0.2, 0) is 4.79 Å². The summed E-state index contributed by atoms with van der Waals surface area (Å²) in [5, 5.41) is 12.6. The highest BCUT2D eigenvalue weighted by Gasteiger charge is 2.15. The number of hydrogen-bond donors (Lipinski definition) is 2. The first-order valence-corrected chi connectivity index (χ1v) is 8.79. The van der Waals surface area contributed by atoms with Crippen LogP contribution in [-0.4, -0.2) is 43.4 Å². The third-order valence-corrected chi connectivity index (χ3v) is 3.97. The van der Waals surface area contributed by atoms with Gasteiger partial charge in [-0.25, -0.2) is 0 Å². The number of ether oxygens (including phenoxy) is 2. The van der Waals surface area contributed by atoms with Gasteiger partial charge in [0.25, 0.3) is 0 Å². The zero-order valence-corrected chi connectivity index (χ0v) is 14.9. The minimum Gasteiger partial charge on any atom is -0.490 e. The van der Waals surface area contributed by atoms with Gasteiger partial charge < -0.3 is 24.8 Å². The van der Waals surface area contributed by atoms with Gasteiger partial charge in [-0.2, -0.15) is 0 Å². The Hall–Kier alpha value is -2.73. The summed E-state index contributed by atoms with van der Waals surface area (Å²) in [4.78, 5) is 14.4. The summed E-state index contributed by atoms with van der Waals surface area (Å²) in [6, 6.07) is 15.0. The lowest BCUT2D eigenvalue weighted by Gasteiger charge is -2.25. The molecule has 0 saturated heterocycles. The molecule has 1 aliphatic heterocycles. The summed E-state index contributed by atoms with van der Waals surface area (Å²) < 4.78 is 11.3.